The molecular formula is C14H22N4O3. The highest BCUT2D eigenvalue weighted by Crippen LogP contribution is 2.21. The van der Waals surface area contributed by atoms with Crippen molar-refractivity contribution in [1.29, 1.82) is 0 Å². The first-order valence-electron chi connectivity index (χ1n) is 7.31. The lowest BCUT2D eigenvalue weighted by Crippen LogP contribution is -2.50. The van der Waals surface area contributed by atoms with E-state index in [1.807, 2.05) is 0 Å². The van der Waals surface area contributed by atoms with E-state index in [2.05, 4.69) is 15.3 Å². The number of carbonyl (C=O) groups excluding carboxylic acids is 1. The van der Waals surface area contributed by atoms with Gasteiger partial charge in [0.05, 0.1) is 6.33 Å². The van der Waals surface area contributed by atoms with Crippen LogP contribution >= 0.6 is 0 Å². The molecule has 1 aromatic heterocycles. The SMILES string of the molecule is CN(C(=O)N[C@@H](Cc1cnc[nH]1)C(=O)O)C1CCCCC1. The Morgan fingerprint density at radius 3 is 2.76 bits per heavy atom. The summed E-state index contributed by atoms with van der Waals surface area (Å²) in [6, 6.07) is -1.07. The van der Waals surface area contributed by atoms with Gasteiger partial charge in [-0.2, -0.15) is 0 Å². The average Bonchev–Trinajstić information content (AvgIpc) is 2.99. The molecule has 1 saturated carbocycles. The summed E-state index contributed by atoms with van der Waals surface area (Å²) < 4.78 is 0. The predicted molar refractivity (Wildman–Crippen MR) is 76.9 cm³/mol. The maximum Gasteiger partial charge on any atom is 0.326 e. The monoisotopic (exact) mass is 294 g/mol. The second kappa shape index (κ2) is 7.10. The number of amides is 2. The van der Waals surface area contributed by atoms with E-state index in [9.17, 15) is 14.7 Å². The Labute approximate surface area is 123 Å². The van der Waals surface area contributed by atoms with Crippen LogP contribution in [0.3, 0.4) is 0 Å². The average molecular weight is 294 g/mol. The van der Waals surface area contributed by atoms with E-state index in [0.29, 0.717) is 5.69 Å². The van der Waals surface area contributed by atoms with Crippen molar-refractivity contribution in [3.05, 3.63) is 18.2 Å². The van der Waals surface area contributed by atoms with Crippen molar-refractivity contribution in [3.63, 3.8) is 0 Å². The lowest BCUT2D eigenvalue weighted by atomic mass is 9.95. The molecule has 1 atom stereocenters. The summed E-state index contributed by atoms with van der Waals surface area (Å²) in [6.45, 7) is 0. The summed E-state index contributed by atoms with van der Waals surface area (Å²) in [5, 5.41) is 11.8. The van der Waals surface area contributed by atoms with Crippen LogP contribution in [0, 0.1) is 0 Å². The van der Waals surface area contributed by atoms with Crippen molar-refractivity contribution in [3.8, 4) is 0 Å². The largest absolute Gasteiger partial charge is 0.480 e. The normalized spacial score (nSPS) is 17.2. The van der Waals surface area contributed by atoms with Crippen molar-refractivity contribution in [2.24, 2.45) is 0 Å². The van der Waals surface area contributed by atoms with Crippen molar-refractivity contribution in [1.82, 2.24) is 20.2 Å². The van der Waals surface area contributed by atoms with Crippen LogP contribution in [-0.2, 0) is 11.2 Å². The molecule has 0 aliphatic heterocycles. The Morgan fingerprint density at radius 1 is 1.48 bits per heavy atom. The number of carbonyl (C=O) groups is 2. The van der Waals surface area contributed by atoms with Crippen molar-refractivity contribution in [2.75, 3.05) is 7.05 Å². The molecule has 0 aromatic carbocycles. The smallest absolute Gasteiger partial charge is 0.326 e. The lowest BCUT2D eigenvalue weighted by Gasteiger charge is -2.32. The van der Waals surface area contributed by atoms with Gasteiger partial charge in [0.2, 0.25) is 0 Å². The molecule has 0 unspecified atom stereocenters. The highest BCUT2D eigenvalue weighted by atomic mass is 16.4. The zero-order valence-electron chi connectivity index (χ0n) is 12.2. The molecule has 0 spiro atoms. The molecule has 7 nitrogen and oxygen atoms in total. The van der Waals surface area contributed by atoms with Crippen LogP contribution in [0.25, 0.3) is 0 Å². The van der Waals surface area contributed by atoms with Gasteiger partial charge in [0.25, 0.3) is 0 Å². The zero-order valence-corrected chi connectivity index (χ0v) is 12.2. The van der Waals surface area contributed by atoms with E-state index >= 15 is 0 Å². The predicted octanol–water partition coefficient (Wildman–Crippen LogP) is 1.38. The summed E-state index contributed by atoms with van der Waals surface area (Å²) in [6.07, 6.45) is 8.68. The molecule has 0 saturated heterocycles. The molecule has 21 heavy (non-hydrogen) atoms. The maximum absolute atomic E-state index is 12.2. The number of hydrogen-bond donors (Lipinski definition) is 3. The quantitative estimate of drug-likeness (QED) is 0.764. The fourth-order valence-electron chi connectivity index (χ4n) is 2.70. The minimum atomic E-state index is -1.05. The van der Waals surface area contributed by atoms with Gasteiger partial charge in [-0.05, 0) is 12.8 Å². The van der Waals surface area contributed by atoms with Gasteiger partial charge in [-0.15, -0.1) is 0 Å². The van der Waals surface area contributed by atoms with Crippen molar-refractivity contribution >= 4 is 12.0 Å². The van der Waals surface area contributed by atoms with Crippen molar-refractivity contribution in [2.45, 2.75) is 50.6 Å². The van der Waals surface area contributed by atoms with E-state index in [4.69, 9.17) is 0 Å². The fourth-order valence-corrected chi connectivity index (χ4v) is 2.70. The molecule has 0 bridgehead atoms. The Morgan fingerprint density at radius 2 is 2.19 bits per heavy atom. The summed E-state index contributed by atoms with van der Waals surface area (Å²) in [5.41, 5.74) is 0.683. The number of hydrogen-bond acceptors (Lipinski definition) is 3. The van der Waals surface area contributed by atoms with Crippen molar-refractivity contribution < 1.29 is 14.7 Å². The second-order valence-corrected chi connectivity index (χ2v) is 5.52. The molecule has 1 aromatic rings. The van der Waals surface area contributed by atoms with E-state index in [1.54, 1.807) is 18.1 Å². The maximum atomic E-state index is 12.2. The molecule has 2 amide bonds. The van der Waals surface area contributed by atoms with Crippen LogP contribution in [0.4, 0.5) is 4.79 Å². The molecule has 7 heteroatoms. The second-order valence-electron chi connectivity index (χ2n) is 5.52. The number of urea groups is 1. The van der Waals surface area contributed by atoms with E-state index < -0.39 is 12.0 Å². The van der Waals surface area contributed by atoms with Crippen LogP contribution in [0.2, 0.25) is 0 Å². The molecule has 3 N–H and O–H groups in total. The van der Waals surface area contributed by atoms with Crippen LogP contribution < -0.4 is 5.32 Å². The van der Waals surface area contributed by atoms with Gasteiger partial charge >= 0.3 is 12.0 Å². The third-order valence-corrected chi connectivity index (χ3v) is 4.02. The highest BCUT2D eigenvalue weighted by molar-refractivity contribution is 5.82. The molecule has 1 aliphatic rings. The number of nitrogens with zero attached hydrogens (tertiary/aromatic N) is 2. The minimum Gasteiger partial charge on any atom is -0.480 e. The number of aromatic nitrogens is 2. The lowest BCUT2D eigenvalue weighted by molar-refractivity contribution is -0.139. The number of aromatic amines is 1. The van der Waals surface area contributed by atoms with E-state index in [-0.39, 0.29) is 18.5 Å². The Balaban J connectivity index is 1.92. The van der Waals surface area contributed by atoms with Crippen LogP contribution in [-0.4, -0.2) is 51.1 Å². The molecular weight excluding hydrogens is 272 g/mol. The standard InChI is InChI=1S/C14H22N4O3/c1-18(11-5-3-2-4-6-11)14(21)17-12(13(19)20)7-10-8-15-9-16-10/h8-9,11-12H,2-7H2,1H3,(H,15,16)(H,17,21)(H,19,20)/t12-/m0/s1. The van der Waals surface area contributed by atoms with Gasteiger partial charge in [0.15, 0.2) is 0 Å². The molecule has 2 rings (SSSR count). The molecule has 1 fully saturated rings. The van der Waals surface area contributed by atoms with Gasteiger partial charge in [-0.3, -0.25) is 0 Å². The highest BCUT2D eigenvalue weighted by Gasteiger charge is 2.26. The number of nitrogens with one attached hydrogen (secondary N) is 2. The molecule has 116 valence electrons. The van der Waals surface area contributed by atoms with Gasteiger partial charge in [-0.1, -0.05) is 19.3 Å². The number of H-pyrrole nitrogens is 1. The Hall–Kier alpha value is -2.05. The number of aliphatic carboxylic acids is 1. The van der Waals surface area contributed by atoms with Crippen LogP contribution in [0.5, 0.6) is 0 Å². The number of rotatable bonds is 5. The van der Waals surface area contributed by atoms with Gasteiger partial charge in [0.1, 0.15) is 6.04 Å². The zero-order chi connectivity index (χ0) is 15.2. The molecule has 1 aliphatic carbocycles. The van der Waals surface area contributed by atoms with Gasteiger partial charge < -0.3 is 20.3 Å². The first-order valence-corrected chi connectivity index (χ1v) is 7.31. The topological polar surface area (TPSA) is 98.3 Å². The fraction of sp³-hybridized carbons (Fsp3) is 0.643. The minimum absolute atomic E-state index is 0.194. The first kappa shape index (κ1) is 15.3. The van der Waals surface area contributed by atoms with Crippen LogP contribution in [0.1, 0.15) is 37.8 Å². The van der Waals surface area contributed by atoms with Gasteiger partial charge in [0, 0.05) is 31.4 Å². The van der Waals surface area contributed by atoms with Crippen LogP contribution in [0.15, 0.2) is 12.5 Å². The summed E-state index contributed by atoms with van der Waals surface area (Å²) in [4.78, 5) is 31.8. The molecule has 1 heterocycles. The number of carboxylic acid groups (broad SMARTS) is 1. The van der Waals surface area contributed by atoms with Gasteiger partial charge in [-0.25, -0.2) is 14.6 Å². The van der Waals surface area contributed by atoms with E-state index in [0.717, 1.165) is 25.7 Å². The summed E-state index contributed by atoms with van der Waals surface area (Å²) in [7, 11) is 1.74. The number of carboxylic acids is 1. The number of imidazole rings is 1. The third-order valence-electron chi connectivity index (χ3n) is 4.02. The first-order chi connectivity index (χ1) is 10.1. The summed E-state index contributed by atoms with van der Waals surface area (Å²) >= 11 is 0. The Kier molecular flexibility index (Phi) is 5.19. The summed E-state index contributed by atoms with van der Waals surface area (Å²) in [5.74, 6) is -1.05. The van der Waals surface area contributed by atoms with E-state index in [1.165, 1.54) is 12.7 Å². The Bertz CT molecular complexity index is 469. The molecule has 0 radical (unpaired) electrons. The third kappa shape index (κ3) is 4.21.